The molecule has 1 heterocycles. The second-order valence-corrected chi connectivity index (χ2v) is 5.06. The van der Waals surface area contributed by atoms with Gasteiger partial charge in [0.05, 0.1) is 12.1 Å². The highest BCUT2D eigenvalue weighted by Crippen LogP contribution is 2.32. The van der Waals surface area contributed by atoms with Gasteiger partial charge in [0, 0.05) is 5.92 Å². The van der Waals surface area contributed by atoms with Crippen molar-refractivity contribution < 1.29 is 13.2 Å². The van der Waals surface area contributed by atoms with Crippen LogP contribution >= 0.6 is 11.6 Å². The molecule has 20 heavy (non-hydrogen) atoms. The minimum absolute atomic E-state index is 0.00493. The average Bonchev–Trinajstić information content (AvgIpc) is 2.71. The van der Waals surface area contributed by atoms with Crippen LogP contribution in [0.15, 0.2) is 24.3 Å². The highest BCUT2D eigenvalue weighted by atomic mass is 35.5. The molecule has 0 unspecified atom stereocenters. The Morgan fingerprint density at radius 3 is 2.45 bits per heavy atom. The van der Waals surface area contributed by atoms with Crippen molar-refractivity contribution in [2.75, 3.05) is 0 Å². The number of alkyl halides is 3. The first-order valence-electron chi connectivity index (χ1n) is 6.04. The van der Waals surface area contributed by atoms with E-state index in [0.717, 1.165) is 6.07 Å². The van der Waals surface area contributed by atoms with Gasteiger partial charge in [-0.3, -0.25) is 4.57 Å². The normalized spacial score (nSPS) is 12.2. The van der Waals surface area contributed by atoms with Gasteiger partial charge in [-0.1, -0.05) is 32.0 Å². The molecule has 0 saturated carbocycles. The minimum Gasteiger partial charge on any atom is -0.297 e. The minimum atomic E-state index is -4.39. The van der Waals surface area contributed by atoms with Crippen molar-refractivity contribution in [2.24, 2.45) is 0 Å². The first kappa shape index (κ1) is 14.8. The largest absolute Gasteiger partial charge is 0.416 e. The Morgan fingerprint density at radius 1 is 1.20 bits per heavy atom. The van der Waals surface area contributed by atoms with E-state index in [2.05, 4.69) is 10.2 Å². The quantitative estimate of drug-likeness (QED) is 0.854. The van der Waals surface area contributed by atoms with Crippen LogP contribution in [0.5, 0.6) is 0 Å². The maximum atomic E-state index is 13.0. The van der Waals surface area contributed by atoms with Gasteiger partial charge in [-0.05, 0) is 23.2 Å². The molecule has 0 spiro atoms. The molecule has 2 aromatic rings. The number of halogens is 4. The fourth-order valence-electron chi connectivity index (χ4n) is 1.97. The molecule has 0 aliphatic carbocycles. The molecule has 1 aromatic heterocycles. The smallest absolute Gasteiger partial charge is 0.297 e. The number of hydrogen-bond acceptors (Lipinski definition) is 2. The van der Waals surface area contributed by atoms with E-state index in [9.17, 15) is 13.2 Å². The molecule has 0 amide bonds. The zero-order valence-electron chi connectivity index (χ0n) is 10.9. The fraction of sp³-hybridized carbons (Fsp3) is 0.385. The molecule has 0 radical (unpaired) electrons. The summed E-state index contributed by atoms with van der Waals surface area (Å²) in [7, 11) is 0. The van der Waals surface area contributed by atoms with Crippen LogP contribution in [0.1, 0.15) is 36.7 Å². The molecule has 2 rings (SSSR count). The van der Waals surface area contributed by atoms with E-state index in [1.54, 1.807) is 6.07 Å². The first-order chi connectivity index (χ1) is 9.30. The highest BCUT2D eigenvalue weighted by Gasteiger charge is 2.33. The lowest BCUT2D eigenvalue weighted by molar-refractivity contribution is -0.138. The van der Waals surface area contributed by atoms with Crippen molar-refractivity contribution in [1.82, 2.24) is 14.8 Å². The third kappa shape index (κ3) is 2.95. The summed E-state index contributed by atoms with van der Waals surface area (Å²) in [5.74, 6) is 0.583. The summed E-state index contributed by atoms with van der Waals surface area (Å²) < 4.78 is 40.4. The van der Waals surface area contributed by atoms with Gasteiger partial charge in [-0.25, -0.2) is 0 Å². The first-order valence-corrected chi connectivity index (χ1v) is 6.42. The zero-order valence-corrected chi connectivity index (χ0v) is 11.7. The number of nitrogens with zero attached hydrogens (tertiary/aromatic N) is 3. The van der Waals surface area contributed by atoms with Gasteiger partial charge in [-0.15, -0.1) is 10.2 Å². The molecule has 1 aromatic carbocycles. The second kappa shape index (κ2) is 5.44. The van der Waals surface area contributed by atoms with Crippen molar-refractivity contribution in [3.8, 4) is 0 Å². The van der Waals surface area contributed by atoms with Gasteiger partial charge in [0.15, 0.2) is 0 Å². The van der Waals surface area contributed by atoms with Gasteiger partial charge >= 0.3 is 6.18 Å². The van der Waals surface area contributed by atoms with Gasteiger partial charge in [0.2, 0.25) is 5.28 Å². The van der Waals surface area contributed by atoms with Crippen LogP contribution in [0.4, 0.5) is 13.2 Å². The summed E-state index contributed by atoms with van der Waals surface area (Å²) in [5.41, 5.74) is -0.525. The molecule has 0 aliphatic rings. The molecule has 0 aliphatic heterocycles. The lowest BCUT2D eigenvalue weighted by Gasteiger charge is -2.15. The summed E-state index contributed by atoms with van der Waals surface area (Å²) in [6, 6.07) is 5.42. The van der Waals surface area contributed by atoms with Crippen LogP contribution in [0.25, 0.3) is 0 Å². The fourth-order valence-corrected chi connectivity index (χ4v) is 2.16. The molecule has 108 valence electrons. The van der Waals surface area contributed by atoms with Gasteiger partial charge < -0.3 is 0 Å². The van der Waals surface area contributed by atoms with E-state index in [0.29, 0.717) is 5.82 Å². The summed E-state index contributed by atoms with van der Waals surface area (Å²) in [4.78, 5) is 0. The van der Waals surface area contributed by atoms with Gasteiger partial charge in [0.1, 0.15) is 5.82 Å². The lowest BCUT2D eigenvalue weighted by atomic mass is 10.1. The Hall–Kier alpha value is -1.56. The molecule has 0 atom stereocenters. The third-order valence-electron chi connectivity index (χ3n) is 2.90. The number of benzene rings is 1. The van der Waals surface area contributed by atoms with E-state index in [1.807, 2.05) is 13.8 Å². The highest BCUT2D eigenvalue weighted by molar-refractivity contribution is 6.28. The predicted octanol–water partition coefficient (Wildman–Crippen LogP) is 4.12. The Balaban J connectivity index is 2.44. The third-order valence-corrected chi connectivity index (χ3v) is 3.18. The summed E-state index contributed by atoms with van der Waals surface area (Å²) in [6.07, 6.45) is -4.39. The van der Waals surface area contributed by atoms with Crippen molar-refractivity contribution in [1.29, 1.82) is 0 Å². The van der Waals surface area contributed by atoms with Gasteiger partial charge in [0.25, 0.3) is 0 Å². The molecular formula is C13H13ClF3N3. The number of rotatable bonds is 3. The van der Waals surface area contributed by atoms with Crippen LogP contribution in [0.3, 0.4) is 0 Å². The van der Waals surface area contributed by atoms with Gasteiger partial charge in [-0.2, -0.15) is 13.2 Å². The zero-order chi connectivity index (χ0) is 14.9. The van der Waals surface area contributed by atoms with E-state index in [1.165, 1.54) is 16.7 Å². The Kier molecular flexibility index (Phi) is 4.04. The van der Waals surface area contributed by atoms with Crippen LogP contribution in [0.2, 0.25) is 5.28 Å². The maximum absolute atomic E-state index is 13.0. The van der Waals surface area contributed by atoms with Crippen molar-refractivity contribution in [3.63, 3.8) is 0 Å². The molecule has 0 fully saturated rings. The Bertz CT molecular complexity index is 605. The Labute approximate surface area is 119 Å². The standard InChI is InChI=1S/C13H13ClF3N3/c1-8(2)11-18-19-12(14)20(11)7-9-5-3-4-6-10(9)13(15,16)17/h3-6,8H,7H2,1-2H3. The second-order valence-electron chi connectivity index (χ2n) is 4.72. The molecule has 7 heteroatoms. The topological polar surface area (TPSA) is 30.7 Å². The summed E-state index contributed by atoms with van der Waals surface area (Å²) >= 11 is 5.91. The average molecular weight is 304 g/mol. The molecule has 0 saturated heterocycles. The maximum Gasteiger partial charge on any atom is 0.416 e. The lowest BCUT2D eigenvalue weighted by Crippen LogP contribution is -2.13. The SMILES string of the molecule is CC(C)c1nnc(Cl)n1Cc1ccccc1C(F)(F)F. The summed E-state index contributed by atoms with van der Waals surface area (Å²) in [6.45, 7) is 3.76. The van der Waals surface area contributed by atoms with E-state index in [-0.39, 0.29) is 23.3 Å². The number of aromatic nitrogens is 3. The molecular weight excluding hydrogens is 291 g/mol. The van der Waals surface area contributed by atoms with Crippen LogP contribution in [-0.2, 0) is 12.7 Å². The van der Waals surface area contributed by atoms with E-state index >= 15 is 0 Å². The Morgan fingerprint density at radius 2 is 1.85 bits per heavy atom. The van der Waals surface area contributed by atoms with Crippen molar-refractivity contribution >= 4 is 11.6 Å². The predicted molar refractivity (Wildman–Crippen MR) is 69.7 cm³/mol. The monoisotopic (exact) mass is 303 g/mol. The van der Waals surface area contributed by atoms with Crippen LogP contribution in [0, 0.1) is 0 Å². The van der Waals surface area contributed by atoms with Crippen molar-refractivity contribution in [3.05, 3.63) is 46.5 Å². The van der Waals surface area contributed by atoms with Crippen LogP contribution in [-0.4, -0.2) is 14.8 Å². The van der Waals surface area contributed by atoms with E-state index < -0.39 is 11.7 Å². The summed E-state index contributed by atoms with van der Waals surface area (Å²) in [5, 5.41) is 7.71. The van der Waals surface area contributed by atoms with Crippen molar-refractivity contribution in [2.45, 2.75) is 32.5 Å². The molecule has 0 bridgehead atoms. The van der Waals surface area contributed by atoms with E-state index in [4.69, 9.17) is 11.6 Å². The number of hydrogen-bond donors (Lipinski definition) is 0. The molecule has 3 nitrogen and oxygen atoms in total. The van der Waals surface area contributed by atoms with Crippen LogP contribution < -0.4 is 0 Å². The molecule has 0 N–H and O–H groups in total.